The predicted octanol–water partition coefficient (Wildman–Crippen LogP) is -0.240. The maximum atomic E-state index is 11.5. The Hall–Kier alpha value is -1.72. The molecule has 0 aliphatic heterocycles. The molecule has 0 radical (unpaired) electrons. The number of hydrogen-bond donors (Lipinski definition) is 0. The summed E-state index contributed by atoms with van der Waals surface area (Å²) < 4.78 is 4.33. The number of Topliss-reactive ketones (excluding diaryl/α,β-unsaturated/α-hetero) is 1. The first kappa shape index (κ1) is 14.3. The van der Waals surface area contributed by atoms with E-state index in [9.17, 15) is 19.2 Å². The number of amides is 2. The van der Waals surface area contributed by atoms with E-state index in [1.165, 1.54) is 14.0 Å². The number of ether oxygens (including phenoxy) is 1. The molecule has 0 aromatic carbocycles. The highest BCUT2D eigenvalue weighted by molar-refractivity contribution is 6.41. The Morgan fingerprint density at radius 2 is 1.75 bits per heavy atom. The van der Waals surface area contributed by atoms with Gasteiger partial charge in [0.1, 0.15) is 5.92 Å². The average Bonchev–Trinajstić information content (AvgIpc) is 2.32. The Balaban J connectivity index is 4.68. The summed E-state index contributed by atoms with van der Waals surface area (Å²) in [5, 5.41) is 0. The van der Waals surface area contributed by atoms with Crippen LogP contribution in [0.1, 0.15) is 20.3 Å². The van der Waals surface area contributed by atoms with Gasteiger partial charge in [0.2, 0.25) is 11.7 Å². The molecule has 6 nitrogen and oxygen atoms in total. The monoisotopic (exact) mass is 229 g/mol. The quantitative estimate of drug-likeness (QED) is 0.377. The third-order valence-corrected chi connectivity index (χ3v) is 2.14. The summed E-state index contributed by atoms with van der Waals surface area (Å²) in [4.78, 5) is 45.8. The van der Waals surface area contributed by atoms with Crippen molar-refractivity contribution in [2.24, 2.45) is 5.92 Å². The molecular weight excluding hydrogens is 214 g/mol. The number of likely N-dealkylation sites (N-methyl/N-ethyl adjacent to an activating group) is 1. The zero-order valence-electron chi connectivity index (χ0n) is 9.77. The summed E-state index contributed by atoms with van der Waals surface area (Å²) in [6, 6.07) is 0. The lowest BCUT2D eigenvalue weighted by molar-refractivity contribution is -0.157. The molecule has 90 valence electrons. The van der Waals surface area contributed by atoms with Crippen molar-refractivity contribution < 1.29 is 23.9 Å². The van der Waals surface area contributed by atoms with Crippen LogP contribution >= 0.6 is 0 Å². The molecule has 0 aliphatic carbocycles. The van der Waals surface area contributed by atoms with Crippen molar-refractivity contribution in [3.05, 3.63) is 0 Å². The van der Waals surface area contributed by atoms with E-state index in [4.69, 9.17) is 0 Å². The fourth-order valence-electron chi connectivity index (χ4n) is 0.985. The minimum Gasteiger partial charge on any atom is -0.468 e. The highest BCUT2D eigenvalue weighted by Gasteiger charge is 2.31. The number of ketones is 1. The number of esters is 1. The SMILES string of the molecule is CCC(=O)N(C)C(=O)C(=O)C(C)C(=O)OC. The van der Waals surface area contributed by atoms with Gasteiger partial charge in [-0.1, -0.05) is 6.92 Å². The molecule has 0 bridgehead atoms. The molecule has 0 N–H and O–H groups in total. The van der Waals surface area contributed by atoms with Crippen LogP contribution < -0.4 is 0 Å². The molecule has 0 spiro atoms. The van der Waals surface area contributed by atoms with Crippen LogP contribution in [-0.4, -0.2) is 42.6 Å². The highest BCUT2D eigenvalue weighted by atomic mass is 16.5. The van der Waals surface area contributed by atoms with Crippen LogP contribution in [0.5, 0.6) is 0 Å². The Morgan fingerprint density at radius 3 is 2.12 bits per heavy atom. The lowest BCUT2D eigenvalue weighted by atomic mass is 10.1. The largest absolute Gasteiger partial charge is 0.468 e. The fourth-order valence-corrected chi connectivity index (χ4v) is 0.985. The lowest BCUT2D eigenvalue weighted by Crippen LogP contribution is -2.41. The van der Waals surface area contributed by atoms with Crippen molar-refractivity contribution in [1.82, 2.24) is 4.90 Å². The zero-order valence-corrected chi connectivity index (χ0v) is 9.77. The standard InChI is InChI=1S/C10H15NO5/c1-5-7(12)11(3)9(14)8(13)6(2)10(15)16-4/h6H,5H2,1-4H3. The smallest absolute Gasteiger partial charge is 0.316 e. The van der Waals surface area contributed by atoms with Crippen LogP contribution in [0.3, 0.4) is 0 Å². The Bertz CT molecular complexity index is 291. The maximum absolute atomic E-state index is 11.5. The minimum absolute atomic E-state index is 0.113. The third-order valence-electron chi connectivity index (χ3n) is 2.14. The van der Waals surface area contributed by atoms with Crippen molar-refractivity contribution in [2.45, 2.75) is 20.3 Å². The van der Waals surface area contributed by atoms with E-state index >= 15 is 0 Å². The Labute approximate surface area is 93.5 Å². The van der Waals surface area contributed by atoms with Gasteiger partial charge in [0.05, 0.1) is 7.11 Å². The van der Waals surface area contributed by atoms with Crippen LogP contribution in [0.15, 0.2) is 0 Å². The second kappa shape index (κ2) is 5.99. The molecule has 2 amide bonds. The van der Waals surface area contributed by atoms with Crippen molar-refractivity contribution in [1.29, 1.82) is 0 Å². The first-order chi connectivity index (χ1) is 7.36. The van der Waals surface area contributed by atoms with Gasteiger partial charge in [-0.25, -0.2) is 0 Å². The van der Waals surface area contributed by atoms with Crippen LogP contribution in [0.2, 0.25) is 0 Å². The molecular formula is C10H15NO5. The minimum atomic E-state index is -1.19. The number of hydrogen-bond acceptors (Lipinski definition) is 5. The van der Waals surface area contributed by atoms with Gasteiger partial charge < -0.3 is 4.74 Å². The van der Waals surface area contributed by atoms with E-state index < -0.39 is 29.5 Å². The van der Waals surface area contributed by atoms with E-state index in [1.807, 2.05) is 0 Å². The lowest BCUT2D eigenvalue weighted by Gasteiger charge is -2.15. The Morgan fingerprint density at radius 1 is 1.25 bits per heavy atom. The summed E-state index contributed by atoms with van der Waals surface area (Å²) in [5.74, 6) is -4.41. The first-order valence-corrected chi connectivity index (χ1v) is 4.79. The van der Waals surface area contributed by atoms with Crippen LogP contribution in [0.25, 0.3) is 0 Å². The van der Waals surface area contributed by atoms with Crippen LogP contribution in [0, 0.1) is 5.92 Å². The van der Waals surface area contributed by atoms with Crippen molar-refractivity contribution in [3.8, 4) is 0 Å². The molecule has 0 aromatic heterocycles. The number of methoxy groups -OCH3 is 1. The van der Waals surface area contributed by atoms with E-state index in [2.05, 4.69) is 4.74 Å². The third kappa shape index (κ3) is 3.15. The molecule has 0 heterocycles. The van der Waals surface area contributed by atoms with Crippen molar-refractivity contribution >= 4 is 23.6 Å². The fraction of sp³-hybridized carbons (Fsp3) is 0.600. The molecule has 0 aliphatic rings. The van der Waals surface area contributed by atoms with Crippen molar-refractivity contribution in [3.63, 3.8) is 0 Å². The molecule has 6 heteroatoms. The number of carbonyl (C=O) groups is 4. The summed E-state index contributed by atoms with van der Waals surface area (Å²) in [6.45, 7) is 2.83. The van der Waals surface area contributed by atoms with Gasteiger partial charge in [0.25, 0.3) is 5.91 Å². The van der Waals surface area contributed by atoms with Gasteiger partial charge in [-0.3, -0.25) is 24.1 Å². The maximum Gasteiger partial charge on any atom is 0.316 e. The highest BCUT2D eigenvalue weighted by Crippen LogP contribution is 2.03. The first-order valence-electron chi connectivity index (χ1n) is 4.79. The Kier molecular flexibility index (Phi) is 5.35. The number of carbonyl (C=O) groups excluding carboxylic acids is 4. The van der Waals surface area contributed by atoms with E-state index in [-0.39, 0.29) is 6.42 Å². The zero-order chi connectivity index (χ0) is 12.9. The summed E-state index contributed by atoms with van der Waals surface area (Å²) in [6.07, 6.45) is 0.113. The molecule has 0 saturated carbocycles. The van der Waals surface area contributed by atoms with Crippen LogP contribution in [0.4, 0.5) is 0 Å². The number of imide groups is 1. The van der Waals surface area contributed by atoms with Crippen LogP contribution in [-0.2, 0) is 23.9 Å². The molecule has 0 rings (SSSR count). The predicted molar refractivity (Wildman–Crippen MR) is 54.3 cm³/mol. The second-order valence-electron chi connectivity index (χ2n) is 3.22. The van der Waals surface area contributed by atoms with Gasteiger partial charge in [-0.05, 0) is 6.92 Å². The topological polar surface area (TPSA) is 80.8 Å². The molecule has 1 atom stereocenters. The normalized spacial score (nSPS) is 11.5. The molecule has 1 unspecified atom stereocenters. The van der Waals surface area contributed by atoms with E-state index in [1.54, 1.807) is 6.92 Å². The van der Waals surface area contributed by atoms with Gasteiger partial charge >= 0.3 is 5.97 Å². The number of rotatable bonds is 4. The van der Waals surface area contributed by atoms with E-state index in [0.29, 0.717) is 4.90 Å². The molecule has 16 heavy (non-hydrogen) atoms. The molecule has 0 fully saturated rings. The van der Waals surface area contributed by atoms with E-state index in [0.717, 1.165) is 7.11 Å². The number of nitrogens with zero attached hydrogens (tertiary/aromatic N) is 1. The van der Waals surface area contributed by atoms with Gasteiger partial charge in [0.15, 0.2) is 0 Å². The van der Waals surface area contributed by atoms with Gasteiger partial charge in [-0.15, -0.1) is 0 Å². The van der Waals surface area contributed by atoms with Crippen molar-refractivity contribution in [2.75, 3.05) is 14.2 Å². The second-order valence-corrected chi connectivity index (χ2v) is 3.22. The average molecular weight is 229 g/mol. The summed E-state index contributed by atoms with van der Waals surface area (Å²) in [7, 11) is 2.33. The summed E-state index contributed by atoms with van der Waals surface area (Å²) >= 11 is 0. The van der Waals surface area contributed by atoms with Gasteiger partial charge in [-0.2, -0.15) is 0 Å². The summed E-state index contributed by atoms with van der Waals surface area (Å²) in [5.41, 5.74) is 0. The molecule has 0 aromatic rings. The van der Waals surface area contributed by atoms with Gasteiger partial charge in [0, 0.05) is 13.5 Å². The molecule has 0 saturated heterocycles.